The molecule has 1 fully saturated rings. The maximum absolute atomic E-state index is 11.8. The number of aliphatic carboxylic acids is 1. The average Bonchev–Trinajstić information content (AvgIpc) is 2.96. The summed E-state index contributed by atoms with van der Waals surface area (Å²) < 4.78 is 29.6. The van der Waals surface area contributed by atoms with Gasteiger partial charge in [0.25, 0.3) is 10.1 Å². The van der Waals surface area contributed by atoms with Crippen molar-refractivity contribution in [2.75, 3.05) is 6.54 Å². The molecule has 0 saturated heterocycles. The van der Waals surface area contributed by atoms with Crippen LogP contribution in [-0.2, 0) is 14.9 Å². The number of hydrogen-bond donors (Lipinski definition) is 3. The third-order valence-corrected chi connectivity index (χ3v) is 7.46. The van der Waals surface area contributed by atoms with E-state index < -0.39 is 16.1 Å². The van der Waals surface area contributed by atoms with Crippen molar-refractivity contribution < 1.29 is 22.9 Å². The number of benzene rings is 1. The molecule has 4 unspecified atom stereocenters. The lowest BCUT2D eigenvalue weighted by atomic mass is 9.46. The van der Waals surface area contributed by atoms with E-state index in [-0.39, 0.29) is 21.6 Å². The second kappa shape index (κ2) is 8.81. The van der Waals surface area contributed by atoms with Gasteiger partial charge in [0.1, 0.15) is 0 Å². The fourth-order valence-electron chi connectivity index (χ4n) is 5.32. The Morgan fingerprint density at radius 2 is 1.83 bits per heavy atom. The molecule has 3 rings (SSSR count). The molecule has 2 aliphatic carbocycles. The van der Waals surface area contributed by atoms with E-state index in [1.165, 1.54) is 17.7 Å². The molecule has 6 nitrogen and oxygen atoms in total. The maximum Gasteiger partial charge on any atom is 0.307 e. The van der Waals surface area contributed by atoms with Gasteiger partial charge in [0.05, 0.1) is 10.8 Å². The van der Waals surface area contributed by atoms with Gasteiger partial charge in [-0.1, -0.05) is 57.0 Å². The maximum atomic E-state index is 11.8. The monoisotopic (exact) mass is 437 g/mol. The second-order valence-corrected chi connectivity index (χ2v) is 11.2. The van der Waals surface area contributed by atoms with Crippen LogP contribution in [0.1, 0.15) is 52.5 Å². The molecule has 4 atom stereocenters. The van der Waals surface area contributed by atoms with Crippen molar-refractivity contribution in [2.45, 2.75) is 58.8 Å². The van der Waals surface area contributed by atoms with Gasteiger partial charge in [-0.3, -0.25) is 9.35 Å². The predicted octanol–water partition coefficient (Wildman–Crippen LogP) is 4.30. The number of fused-ring (bicyclic) bond motifs is 1. The SMILES string of the molecule is CCC1=CC2C(C1)CC2(CN)C(C(=O)O)C(C)(C)C.Cc1ccc(S(=O)(=O)O)cc1. The molecule has 4 N–H and O–H groups in total. The highest BCUT2D eigenvalue weighted by Gasteiger charge is 2.62. The largest absolute Gasteiger partial charge is 0.481 e. The predicted molar refractivity (Wildman–Crippen MR) is 118 cm³/mol. The highest BCUT2D eigenvalue weighted by atomic mass is 32.2. The summed E-state index contributed by atoms with van der Waals surface area (Å²) >= 11 is 0. The third-order valence-electron chi connectivity index (χ3n) is 6.59. The Morgan fingerprint density at radius 1 is 1.27 bits per heavy atom. The van der Waals surface area contributed by atoms with Crippen LogP contribution in [0.4, 0.5) is 0 Å². The van der Waals surface area contributed by atoms with Crippen molar-refractivity contribution in [3.8, 4) is 0 Å². The van der Waals surface area contributed by atoms with Gasteiger partial charge in [0.15, 0.2) is 0 Å². The zero-order chi connectivity index (χ0) is 22.9. The number of nitrogens with two attached hydrogens (primary N) is 1. The molecule has 1 aromatic carbocycles. The first-order valence-electron chi connectivity index (χ1n) is 10.4. The van der Waals surface area contributed by atoms with Crippen molar-refractivity contribution in [1.82, 2.24) is 0 Å². The molecule has 30 heavy (non-hydrogen) atoms. The molecule has 1 saturated carbocycles. The summed E-state index contributed by atoms with van der Waals surface area (Å²) in [6.07, 6.45) is 5.55. The van der Waals surface area contributed by atoms with Gasteiger partial charge >= 0.3 is 5.97 Å². The van der Waals surface area contributed by atoms with Gasteiger partial charge in [-0.15, -0.1) is 0 Å². The lowest BCUT2D eigenvalue weighted by Crippen LogP contribution is -2.59. The first kappa shape index (κ1) is 24.6. The Hall–Kier alpha value is -1.70. The van der Waals surface area contributed by atoms with E-state index in [4.69, 9.17) is 10.3 Å². The smallest absolute Gasteiger partial charge is 0.307 e. The number of rotatable bonds is 5. The molecule has 1 aromatic rings. The standard InChI is InChI=1S/C16H27NO2.C7H8O3S/c1-5-10-6-11-8-16(9-17,12(11)7-10)13(14(18)19)15(2,3)4;1-6-2-4-7(5-3-6)11(8,9)10/h7,11-13H,5-6,8-9,17H2,1-4H3,(H,18,19);2-5H,1H3,(H,8,9,10). The Morgan fingerprint density at radius 3 is 2.23 bits per heavy atom. The Bertz CT molecular complexity index is 899. The highest BCUT2D eigenvalue weighted by molar-refractivity contribution is 7.85. The second-order valence-electron chi connectivity index (χ2n) is 9.74. The van der Waals surface area contributed by atoms with Crippen LogP contribution in [0, 0.1) is 35.5 Å². The number of carboxylic acid groups (broad SMARTS) is 1. The zero-order valence-corrected chi connectivity index (χ0v) is 19.4. The molecule has 0 radical (unpaired) electrons. The molecular formula is C23H35NO5S. The molecule has 0 heterocycles. The normalized spacial score (nSPS) is 26.6. The molecule has 0 spiro atoms. The fraction of sp³-hybridized carbons (Fsp3) is 0.609. The molecule has 168 valence electrons. The van der Waals surface area contributed by atoms with Crippen LogP contribution < -0.4 is 5.73 Å². The summed E-state index contributed by atoms with van der Waals surface area (Å²) in [5.41, 5.74) is 8.02. The van der Waals surface area contributed by atoms with Gasteiger partial charge in [0.2, 0.25) is 0 Å². The van der Waals surface area contributed by atoms with E-state index in [9.17, 15) is 18.3 Å². The molecule has 0 aromatic heterocycles. The summed E-state index contributed by atoms with van der Waals surface area (Å²) in [7, 11) is -4.02. The van der Waals surface area contributed by atoms with Gasteiger partial charge in [0, 0.05) is 5.41 Å². The minimum atomic E-state index is -4.02. The fourth-order valence-corrected chi connectivity index (χ4v) is 5.80. The topological polar surface area (TPSA) is 118 Å². The van der Waals surface area contributed by atoms with E-state index in [0.717, 1.165) is 24.8 Å². The quantitative estimate of drug-likeness (QED) is 0.467. The Labute approximate surface area is 180 Å². The molecule has 7 heteroatoms. The third kappa shape index (κ3) is 4.95. The first-order chi connectivity index (χ1) is 13.8. The number of aryl methyl sites for hydroxylation is 1. The lowest BCUT2D eigenvalue weighted by molar-refractivity contribution is -0.166. The van der Waals surface area contributed by atoms with Crippen LogP contribution in [0.25, 0.3) is 0 Å². The average molecular weight is 438 g/mol. The summed E-state index contributed by atoms with van der Waals surface area (Å²) in [6, 6.07) is 5.99. The zero-order valence-electron chi connectivity index (χ0n) is 18.6. The number of allylic oxidation sites excluding steroid dienone is 2. The van der Waals surface area contributed by atoms with E-state index in [2.05, 4.69) is 13.0 Å². The van der Waals surface area contributed by atoms with Crippen LogP contribution in [-0.4, -0.2) is 30.6 Å². The van der Waals surface area contributed by atoms with Crippen LogP contribution in [0.5, 0.6) is 0 Å². The summed E-state index contributed by atoms with van der Waals surface area (Å²) in [5.74, 6) is -0.0241. The highest BCUT2D eigenvalue weighted by Crippen LogP contribution is 2.64. The van der Waals surface area contributed by atoms with E-state index >= 15 is 0 Å². The van der Waals surface area contributed by atoms with Crippen LogP contribution in [0.15, 0.2) is 40.8 Å². The number of hydrogen-bond acceptors (Lipinski definition) is 4. The Kier molecular flexibility index (Phi) is 7.21. The molecule has 0 amide bonds. The van der Waals surface area contributed by atoms with Crippen molar-refractivity contribution in [3.05, 3.63) is 41.5 Å². The van der Waals surface area contributed by atoms with E-state index in [1.54, 1.807) is 12.1 Å². The van der Waals surface area contributed by atoms with Gasteiger partial charge in [-0.05, 0) is 62.1 Å². The van der Waals surface area contributed by atoms with Crippen LogP contribution in [0.2, 0.25) is 0 Å². The minimum Gasteiger partial charge on any atom is -0.481 e. The van der Waals surface area contributed by atoms with E-state index in [0.29, 0.717) is 18.4 Å². The first-order valence-corrected chi connectivity index (χ1v) is 11.9. The van der Waals surface area contributed by atoms with Crippen molar-refractivity contribution in [2.24, 2.45) is 34.3 Å². The summed E-state index contributed by atoms with van der Waals surface area (Å²) in [6.45, 7) is 10.6. The number of carbonyl (C=O) groups is 1. The van der Waals surface area contributed by atoms with Gasteiger partial charge < -0.3 is 10.8 Å². The van der Waals surface area contributed by atoms with Crippen molar-refractivity contribution >= 4 is 16.1 Å². The Balaban J connectivity index is 0.000000248. The lowest BCUT2D eigenvalue weighted by Gasteiger charge is -2.58. The van der Waals surface area contributed by atoms with Crippen molar-refractivity contribution in [1.29, 1.82) is 0 Å². The summed E-state index contributed by atoms with van der Waals surface area (Å²) in [5, 5.41) is 9.71. The molecule has 0 bridgehead atoms. The minimum absolute atomic E-state index is 0.0666. The molecule has 2 aliphatic rings. The van der Waals surface area contributed by atoms with Gasteiger partial charge in [-0.25, -0.2) is 0 Å². The van der Waals surface area contributed by atoms with Crippen molar-refractivity contribution in [3.63, 3.8) is 0 Å². The summed E-state index contributed by atoms with van der Waals surface area (Å²) in [4.78, 5) is 11.7. The van der Waals surface area contributed by atoms with E-state index in [1.807, 2.05) is 27.7 Å². The molecular weight excluding hydrogens is 402 g/mol. The number of carboxylic acids is 1. The van der Waals surface area contributed by atoms with Crippen LogP contribution in [0.3, 0.4) is 0 Å². The van der Waals surface area contributed by atoms with Gasteiger partial charge in [-0.2, -0.15) is 8.42 Å². The molecule has 0 aliphatic heterocycles. The van der Waals surface area contributed by atoms with Crippen LogP contribution >= 0.6 is 0 Å².